The third kappa shape index (κ3) is 5.39. The van der Waals surface area contributed by atoms with Crippen LogP contribution in [0.1, 0.15) is 39.0 Å². The number of carbonyl (C=O) groups is 2. The summed E-state index contributed by atoms with van der Waals surface area (Å²) in [5.41, 5.74) is 0. The highest BCUT2D eigenvalue weighted by atomic mass is 32.2. The molecule has 1 aliphatic carbocycles. The van der Waals surface area contributed by atoms with Crippen LogP contribution < -0.4 is 10.6 Å². The lowest BCUT2D eigenvalue weighted by molar-refractivity contribution is -0.117. The van der Waals surface area contributed by atoms with E-state index in [1.54, 1.807) is 11.8 Å². The SMILES string of the molecule is CCNC(=O)NC(=O)CSC1CCCCC1. The molecule has 1 saturated carbocycles. The maximum atomic E-state index is 11.4. The first kappa shape index (κ1) is 13.4. The van der Waals surface area contributed by atoms with Crippen LogP contribution >= 0.6 is 11.8 Å². The fourth-order valence-electron chi connectivity index (χ4n) is 1.79. The van der Waals surface area contributed by atoms with Crippen LogP contribution in [0, 0.1) is 0 Å². The molecule has 0 unspecified atom stereocenters. The number of nitrogens with one attached hydrogen (secondary N) is 2. The molecule has 3 amide bonds. The van der Waals surface area contributed by atoms with Crippen LogP contribution in [0.4, 0.5) is 4.79 Å². The minimum Gasteiger partial charge on any atom is -0.338 e. The van der Waals surface area contributed by atoms with Crippen LogP contribution in [0.5, 0.6) is 0 Å². The van der Waals surface area contributed by atoms with Crippen molar-refractivity contribution in [1.82, 2.24) is 10.6 Å². The Bertz CT molecular complexity index is 240. The Hall–Kier alpha value is -0.710. The second kappa shape index (κ2) is 7.54. The van der Waals surface area contributed by atoms with Gasteiger partial charge in [-0.25, -0.2) is 4.79 Å². The lowest BCUT2D eigenvalue weighted by atomic mass is 10.0. The molecule has 0 aliphatic heterocycles. The van der Waals surface area contributed by atoms with Gasteiger partial charge in [0, 0.05) is 11.8 Å². The zero-order valence-corrected chi connectivity index (χ0v) is 10.6. The summed E-state index contributed by atoms with van der Waals surface area (Å²) in [6.45, 7) is 2.36. The van der Waals surface area contributed by atoms with Crippen molar-refractivity contribution in [1.29, 1.82) is 0 Å². The maximum Gasteiger partial charge on any atom is 0.321 e. The Morgan fingerprint density at radius 2 is 1.94 bits per heavy atom. The Labute approximate surface area is 101 Å². The van der Waals surface area contributed by atoms with Crippen molar-refractivity contribution >= 4 is 23.7 Å². The summed E-state index contributed by atoms with van der Waals surface area (Å²) in [5, 5.41) is 5.45. The van der Waals surface area contributed by atoms with Crippen molar-refractivity contribution in [2.24, 2.45) is 0 Å². The molecule has 0 saturated heterocycles. The fourth-order valence-corrected chi connectivity index (χ4v) is 2.92. The van der Waals surface area contributed by atoms with Gasteiger partial charge < -0.3 is 5.32 Å². The van der Waals surface area contributed by atoms with Crippen molar-refractivity contribution < 1.29 is 9.59 Å². The molecule has 0 aromatic rings. The van der Waals surface area contributed by atoms with Crippen molar-refractivity contribution in [2.45, 2.75) is 44.3 Å². The topological polar surface area (TPSA) is 58.2 Å². The molecule has 1 rings (SSSR count). The van der Waals surface area contributed by atoms with E-state index in [0.29, 0.717) is 17.5 Å². The first-order chi connectivity index (χ1) is 7.72. The van der Waals surface area contributed by atoms with E-state index in [4.69, 9.17) is 0 Å². The molecule has 0 aromatic carbocycles. The third-order valence-electron chi connectivity index (χ3n) is 2.59. The van der Waals surface area contributed by atoms with E-state index in [9.17, 15) is 9.59 Å². The number of carbonyl (C=O) groups excluding carboxylic acids is 2. The number of amides is 3. The van der Waals surface area contributed by atoms with Gasteiger partial charge in [-0.2, -0.15) is 0 Å². The van der Waals surface area contributed by atoms with Gasteiger partial charge in [-0.05, 0) is 19.8 Å². The molecular formula is C11H20N2O2S. The Kier molecular flexibility index (Phi) is 6.30. The molecule has 0 radical (unpaired) electrons. The summed E-state index contributed by atoms with van der Waals surface area (Å²) in [4.78, 5) is 22.4. The molecule has 0 bridgehead atoms. The van der Waals surface area contributed by atoms with Crippen molar-refractivity contribution in [2.75, 3.05) is 12.3 Å². The average molecular weight is 244 g/mol. The van der Waals surface area contributed by atoms with Crippen LogP contribution in [0.15, 0.2) is 0 Å². The lowest BCUT2D eigenvalue weighted by Crippen LogP contribution is -2.40. The van der Waals surface area contributed by atoms with E-state index in [2.05, 4.69) is 10.6 Å². The molecule has 0 spiro atoms. The van der Waals surface area contributed by atoms with Crippen LogP contribution in [-0.2, 0) is 4.79 Å². The lowest BCUT2D eigenvalue weighted by Gasteiger charge is -2.20. The molecule has 4 nitrogen and oxygen atoms in total. The van der Waals surface area contributed by atoms with Gasteiger partial charge in [-0.3, -0.25) is 10.1 Å². The molecule has 5 heteroatoms. The molecule has 0 atom stereocenters. The van der Waals surface area contributed by atoms with E-state index in [1.807, 2.05) is 6.92 Å². The normalized spacial score (nSPS) is 16.8. The maximum absolute atomic E-state index is 11.4. The molecule has 16 heavy (non-hydrogen) atoms. The zero-order valence-electron chi connectivity index (χ0n) is 9.75. The number of imide groups is 1. The predicted octanol–water partition coefficient (Wildman–Crippen LogP) is 1.90. The fraction of sp³-hybridized carbons (Fsp3) is 0.818. The second-order valence-electron chi connectivity index (χ2n) is 3.98. The van der Waals surface area contributed by atoms with Crippen molar-refractivity contribution in [3.63, 3.8) is 0 Å². The largest absolute Gasteiger partial charge is 0.338 e. The highest BCUT2D eigenvalue weighted by Gasteiger charge is 2.15. The summed E-state index contributed by atoms with van der Waals surface area (Å²) < 4.78 is 0. The first-order valence-corrected chi connectivity index (χ1v) is 6.96. The number of hydrogen-bond donors (Lipinski definition) is 2. The van der Waals surface area contributed by atoms with Crippen LogP contribution in [0.3, 0.4) is 0 Å². The summed E-state index contributed by atoms with van der Waals surface area (Å²) in [5.74, 6) is 0.198. The molecule has 0 aromatic heterocycles. The van der Waals surface area contributed by atoms with E-state index in [1.165, 1.54) is 32.1 Å². The van der Waals surface area contributed by atoms with Gasteiger partial charge in [-0.1, -0.05) is 19.3 Å². The van der Waals surface area contributed by atoms with Crippen LogP contribution in [0.2, 0.25) is 0 Å². The van der Waals surface area contributed by atoms with Gasteiger partial charge in [0.25, 0.3) is 0 Å². The monoisotopic (exact) mass is 244 g/mol. The highest BCUT2D eigenvalue weighted by Crippen LogP contribution is 2.27. The summed E-state index contributed by atoms with van der Waals surface area (Å²) in [6, 6.07) is -0.392. The second-order valence-corrected chi connectivity index (χ2v) is 5.27. The molecule has 1 aliphatic rings. The molecule has 92 valence electrons. The van der Waals surface area contributed by atoms with Gasteiger partial charge in [0.1, 0.15) is 0 Å². The average Bonchev–Trinajstić information content (AvgIpc) is 2.28. The summed E-state index contributed by atoms with van der Waals surface area (Å²) in [7, 11) is 0. The standard InChI is InChI=1S/C11H20N2O2S/c1-2-12-11(15)13-10(14)8-16-9-6-4-3-5-7-9/h9H,2-8H2,1H3,(H2,12,13,14,15). The predicted molar refractivity (Wildman–Crippen MR) is 66.5 cm³/mol. The molecule has 0 heterocycles. The van der Waals surface area contributed by atoms with Gasteiger partial charge in [0.2, 0.25) is 5.91 Å². The first-order valence-electron chi connectivity index (χ1n) is 5.91. The van der Waals surface area contributed by atoms with E-state index in [0.717, 1.165) is 0 Å². The van der Waals surface area contributed by atoms with Crippen LogP contribution in [0.25, 0.3) is 0 Å². The summed E-state index contributed by atoms with van der Waals surface area (Å²) in [6.07, 6.45) is 6.28. The number of hydrogen-bond acceptors (Lipinski definition) is 3. The quantitative estimate of drug-likeness (QED) is 0.794. The molecular weight excluding hydrogens is 224 g/mol. The third-order valence-corrected chi connectivity index (χ3v) is 3.96. The smallest absolute Gasteiger partial charge is 0.321 e. The van der Waals surface area contributed by atoms with Crippen molar-refractivity contribution in [3.8, 4) is 0 Å². The number of rotatable bonds is 4. The number of urea groups is 1. The van der Waals surface area contributed by atoms with E-state index >= 15 is 0 Å². The highest BCUT2D eigenvalue weighted by molar-refractivity contribution is 8.00. The van der Waals surface area contributed by atoms with Crippen LogP contribution in [-0.4, -0.2) is 29.5 Å². The Morgan fingerprint density at radius 3 is 2.56 bits per heavy atom. The van der Waals surface area contributed by atoms with E-state index in [-0.39, 0.29) is 5.91 Å². The van der Waals surface area contributed by atoms with E-state index < -0.39 is 6.03 Å². The van der Waals surface area contributed by atoms with Gasteiger partial charge in [0.15, 0.2) is 0 Å². The minimum atomic E-state index is -0.392. The summed E-state index contributed by atoms with van der Waals surface area (Å²) >= 11 is 1.67. The van der Waals surface area contributed by atoms with Gasteiger partial charge in [0.05, 0.1) is 5.75 Å². The van der Waals surface area contributed by atoms with Gasteiger partial charge in [-0.15, -0.1) is 11.8 Å². The Balaban J connectivity index is 2.11. The molecule has 2 N–H and O–H groups in total. The van der Waals surface area contributed by atoms with Gasteiger partial charge >= 0.3 is 6.03 Å². The van der Waals surface area contributed by atoms with Crippen molar-refractivity contribution in [3.05, 3.63) is 0 Å². The number of thioether (sulfide) groups is 1. The minimum absolute atomic E-state index is 0.193. The zero-order chi connectivity index (χ0) is 11.8. The Morgan fingerprint density at radius 1 is 1.25 bits per heavy atom. The molecule has 1 fully saturated rings.